The summed E-state index contributed by atoms with van der Waals surface area (Å²) in [7, 11) is -1.64. The van der Waals surface area contributed by atoms with Gasteiger partial charge in [-0.05, 0) is 55.6 Å². The molecule has 1 aliphatic rings. The summed E-state index contributed by atoms with van der Waals surface area (Å²) >= 11 is 0. The van der Waals surface area contributed by atoms with Gasteiger partial charge in [-0.1, -0.05) is 12.1 Å². The van der Waals surface area contributed by atoms with Crippen molar-refractivity contribution < 1.29 is 13.2 Å². The van der Waals surface area contributed by atoms with E-state index in [0.717, 1.165) is 24.9 Å². The molecule has 0 radical (unpaired) electrons. The number of hydrogen-bond donors (Lipinski definition) is 2. The maximum Gasteiger partial charge on any atom is 0.238 e. The van der Waals surface area contributed by atoms with Crippen molar-refractivity contribution in [3.63, 3.8) is 0 Å². The lowest BCUT2D eigenvalue weighted by molar-refractivity contribution is -0.122. The van der Waals surface area contributed by atoms with Gasteiger partial charge in [0.05, 0.1) is 17.5 Å². The fourth-order valence-electron chi connectivity index (χ4n) is 3.60. The number of amides is 1. The van der Waals surface area contributed by atoms with Crippen LogP contribution >= 0.6 is 0 Å². The van der Waals surface area contributed by atoms with Crippen molar-refractivity contribution in [1.82, 2.24) is 14.8 Å². The van der Waals surface area contributed by atoms with Crippen LogP contribution in [0.2, 0.25) is 0 Å². The number of benzene rings is 1. The van der Waals surface area contributed by atoms with E-state index in [-0.39, 0.29) is 10.8 Å². The molecule has 8 heteroatoms. The number of carbonyl (C=O) groups excluding carboxylic acids is 1. The molecule has 1 aromatic heterocycles. The zero-order valence-corrected chi connectivity index (χ0v) is 16.3. The number of nitrogens with zero attached hydrogens (tertiary/aromatic N) is 2. The first-order valence-electron chi connectivity index (χ1n) is 9.08. The predicted octanol–water partition coefficient (Wildman–Crippen LogP) is 1.17. The standard InChI is InChI=1S/C19H26N4O3S/c1-22-12-2-4-17(22)18-5-3-13-23(18)14-19(24)21-11-10-15-6-8-16(9-7-15)27(20,25)26/h2,4,6-9,12,18H,3,5,10-11,13-14H2,1H3,(H,21,24)(H2,20,25,26). The summed E-state index contributed by atoms with van der Waals surface area (Å²) in [6.07, 6.45) is 4.84. The Hall–Kier alpha value is -2.16. The fraction of sp³-hybridized carbons (Fsp3) is 0.421. The third kappa shape index (κ3) is 4.97. The lowest BCUT2D eigenvalue weighted by Gasteiger charge is -2.24. The number of aryl methyl sites for hydroxylation is 1. The molecule has 1 amide bonds. The number of carbonyl (C=O) groups is 1. The van der Waals surface area contributed by atoms with Crippen molar-refractivity contribution in [2.75, 3.05) is 19.6 Å². The van der Waals surface area contributed by atoms with Crippen LogP contribution in [0.25, 0.3) is 0 Å². The first kappa shape index (κ1) is 19.6. The molecule has 1 atom stereocenters. The highest BCUT2D eigenvalue weighted by molar-refractivity contribution is 7.89. The van der Waals surface area contributed by atoms with Crippen LogP contribution in [-0.4, -0.2) is 43.4 Å². The zero-order chi connectivity index (χ0) is 19.4. The van der Waals surface area contributed by atoms with Crippen LogP contribution in [0.3, 0.4) is 0 Å². The van der Waals surface area contributed by atoms with E-state index >= 15 is 0 Å². The van der Waals surface area contributed by atoms with Gasteiger partial charge in [0.15, 0.2) is 0 Å². The van der Waals surface area contributed by atoms with Gasteiger partial charge < -0.3 is 9.88 Å². The topological polar surface area (TPSA) is 97.4 Å². The second-order valence-corrected chi connectivity index (χ2v) is 8.52. The van der Waals surface area contributed by atoms with Crippen LogP contribution < -0.4 is 10.5 Å². The van der Waals surface area contributed by atoms with E-state index in [9.17, 15) is 13.2 Å². The van der Waals surface area contributed by atoms with Crippen molar-refractivity contribution in [2.45, 2.75) is 30.2 Å². The molecule has 0 saturated carbocycles. The number of nitrogens with one attached hydrogen (secondary N) is 1. The van der Waals surface area contributed by atoms with Crippen LogP contribution in [0, 0.1) is 0 Å². The molecule has 3 N–H and O–H groups in total. The van der Waals surface area contributed by atoms with Crippen LogP contribution in [0.1, 0.15) is 30.1 Å². The number of sulfonamides is 1. The van der Waals surface area contributed by atoms with E-state index in [0.29, 0.717) is 25.6 Å². The molecule has 1 aliphatic heterocycles. The number of likely N-dealkylation sites (tertiary alicyclic amines) is 1. The number of rotatable bonds is 7. The van der Waals surface area contributed by atoms with Crippen molar-refractivity contribution in [3.8, 4) is 0 Å². The molecular weight excluding hydrogens is 364 g/mol. The molecule has 27 heavy (non-hydrogen) atoms. The van der Waals surface area contributed by atoms with Crippen molar-refractivity contribution >= 4 is 15.9 Å². The fourth-order valence-corrected chi connectivity index (χ4v) is 4.12. The summed E-state index contributed by atoms with van der Waals surface area (Å²) < 4.78 is 24.6. The summed E-state index contributed by atoms with van der Waals surface area (Å²) in [5.41, 5.74) is 2.20. The lowest BCUT2D eigenvalue weighted by atomic mass is 10.1. The maximum absolute atomic E-state index is 12.3. The van der Waals surface area contributed by atoms with Gasteiger partial charge in [0.25, 0.3) is 0 Å². The molecule has 2 aromatic rings. The second kappa shape index (κ2) is 8.24. The largest absolute Gasteiger partial charge is 0.355 e. The van der Waals surface area contributed by atoms with E-state index in [4.69, 9.17) is 5.14 Å². The van der Waals surface area contributed by atoms with Gasteiger partial charge in [-0.2, -0.15) is 0 Å². The molecule has 1 aromatic carbocycles. The van der Waals surface area contributed by atoms with E-state index < -0.39 is 10.0 Å². The summed E-state index contributed by atoms with van der Waals surface area (Å²) in [6.45, 7) is 1.83. The highest BCUT2D eigenvalue weighted by Gasteiger charge is 2.28. The Kier molecular flexibility index (Phi) is 5.98. The summed E-state index contributed by atoms with van der Waals surface area (Å²) in [6, 6.07) is 10.9. The predicted molar refractivity (Wildman–Crippen MR) is 103 cm³/mol. The van der Waals surface area contributed by atoms with Gasteiger partial charge >= 0.3 is 0 Å². The van der Waals surface area contributed by atoms with E-state index in [1.807, 2.05) is 19.3 Å². The smallest absolute Gasteiger partial charge is 0.238 e. The van der Waals surface area contributed by atoms with Crippen molar-refractivity contribution in [1.29, 1.82) is 0 Å². The highest BCUT2D eigenvalue weighted by Crippen LogP contribution is 2.31. The molecule has 3 rings (SSSR count). The number of primary sulfonamides is 1. The molecular formula is C19H26N4O3S. The van der Waals surface area contributed by atoms with Gasteiger partial charge in [0.2, 0.25) is 15.9 Å². The Labute approximate surface area is 160 Å². The molecule has 146 valence electrons. The van der Waals surface area contributed by atoms with Crippen LogP contribution in [0.4, 0.5) is 0 Å². The highest BCUT2D eigenvalue weighted by atomic mass is 32.2. The van der Waals surface area contributed by atoms with E-state index in [1.54, 1.807) is 12.1 Å². The quantitative estimate of drug-likeness (QED) is 0.741. The van der Waals surface area contributed by atoms with Gasteiger partial charge in [0, 0.05) is 25.5 Å². The lowest BCUT2D eigenvalue weighted by Crippen LogP contribution is -2.38. The first-order chi connectivity index (χ1) is 12.8. The zero-order valence-electron chi connectivity index (χ0n) is 15.5. The Morgan fingerprint density at radius 3 is 2.63 bits per heavy atom. The minimum Gasteiger partial charge on any atom is -0.355 e. The van der Waals surface area contributed by atoms with Gasteiger partial charge in [-0.3, -0.25) is 9.69 Å². The van der Waals surface area contributed by atoms with Crippen LogP contribution in [0.5, 0.6) is 0 Å². The molecule has 2 heterocycles. The minimum absolute atomic E-state index is 0.0114. The Morgan fingerprint density at radius 2 is 2.00 bits per heavy atom. The summed E-state index contributed by atoms with van der Waals surface area (Å²) in [5.74, 6) is 0.0114. The SMILES string of the molecule is Cn1cccc1C1CCCN1CC(=O)NCCc1ccc(S(N)(=O)=O)cc1. The summed E-state index contributed by atoms with van der Waals surface area (Å²) in [4.78, 5) is 14.6. The second-order valence-electron chi connectivity index (χ2n) is 6.96. The third-order valence-electron chi connectivity index (χ3n) is 5.02. The molecule has 0 bridgehead atoms. The average molecular weight is 391 g/mol. The Morgan fingerprint density at radius 1 is 1.26 bits per heavy atom. The van der Waals surface area contributed by atoms with Gasteiger partial charge in [-0.25, -0.2) is 13.6 Å². The minimum atomic E-state index is -3.67. The number of nitrogens with two attached hydrogens (primary N) is 1. The van der Waals surface area contributed by atoms with Gasteiger partial charge in [0.1, 0.15) is 0 Å². The maximum atomic E-state index is 12.3. The molecule has 1 fully saturated rings. The Bertz CT molecular complexity index is 890. The van der Waals surface area contributed by atoms with E-state index in [1.165, 1.54) is 17.8 Å². The summed E-state index contributed by atoms with van der Waals surface area (Å²) in [5, 5.41) is 8.04. The molecule has 7 nitrogen and oxygen atoms in total. The molecule has 1 unspecified atom stereocenters. The van der Waals surface area contributed by atoms with Crippen LogP contribution in [-0.2, 0) is 28.3 Å². The monoisotopic (exact) mass is 390 g/mol. The normalized spacial score (nSPS) is 17.9. The van der Waals surface area contributed by atoms with Gasteiger partial charge in [-0.15, -0.1) is 0 Å². The van der Waals surface area contributed by atoms with Crippen molar-refractivity contribution in [2.24, 2.45) is 12.2 Å². The average Bonchev–Trinajstić information content (AvgIpc) is 3.23. The van der Waals surface area contributed by atoms with Crippen LogP contribution in [0.15, 0.2) is 47.5 Å². The number of aromatic nitrogens is 1. The van der Waals surface area contributed by atoms with Crippen molar-refractivity contribution in [3.05, 3.63) is 53.9 Å². The number of hydrogen-bond acceptors (Lipinski definition) is 4. The first-order valence-corrected chi connectivity index (χ1v) is 10.6. The molecule has 0 aliphatic carbocycles. The molecule has 1 saturated heterocycles. The third-order valence-corrected chi connectivity index (χ3v) is 5.95. The molecule has 0 spiro atoms. The van der Waals surface area contributed by atoms with E-state index in [2.05, 4.69) is 20.9 Å². The Balaban J connectivity index is 1.48.